The molecule has 0 saturated carbocycles. The molecule has 1 saturated heterocycles. The van der Waals surface area contributed by atoms with Crippen molar-refractivity contribution in [1.29, 1.82) is 0 Å². The van der Waals surface area contributed by atoms with E-state index in [2.05, 4.69) is 22.2 Å². The van der Waals surface area contributed by atoms with Gasteiger partial charge in [0.2, 0.25) is 0 Å². The van der Waals surface area contributed by atoms with E-state index in [1.54, 1.807) is 6.07 Å². The number of carbonyl (C=O) groups is 1. The predicted molar refractivity (Wildman–Crippen MR) is 114 cm³/mol. The molecule has 31 heavy (non-hydrogen) atoms. The fourth-order valence-electron chi connectivity index (χ4n) is 4.57. The van der Waals surface area contributed by atoms with Crippen molar-refractivity contribution in [3.8, 4) is 0 Å². The van der Waals surface area contributed by atoms with Crippen LogP contribution in [-0.4, -0.2) is 48.9 Å². The van der Waals surface area contributed by atoms with Crippen LogP contribution in [-0.2, 0) is 19.1 Å². The van der Waals surface area contributed by atoms with Gasteiger partial charge in [0.05, 0.1) is 5.56 Å². The molecule has 1 atom stereocenters. The van der Waals surface area contributed by atoms with Gasteiger partial charge < -0.3 is 10.2 Å². The van der Waals surface area contributed by atoms with Gasteiger partial charge in [-0.05, 0) is 67.3 Å². The summed E-state index contributed by atoms with van der Waals surface area (Å²) in [4.78, 5) is 17.6. The van der Waals surface area contributed by atoms with Crippen LogP contribution in [0.4, 0.5) is 13.2 Å². The van der Waals surface area contributed by atoms with E-state index in [0.717, 1.165) is 57.6 Å². The average Bonchev–Trinajstić information content (AvgIpc) is 2.77. The van der Waals surface area contributed by atoms with E-state index in [9.17, 15) is 18.0 Å². The van der Waals surface area contributed by atoms with Crippen LogP contribution in [0.1, 0.15) is 51.5 Å². The lowest BCUT2D eigenvalue weighted by Crippen LogP contribution is -2.46. The Labute approximate surface area is 181 Å². The van der Waals surface area contributed by atoms with Crippen LogP contribution in [0.15, 0.2) is 42.5 Å². The number of piperazine rings is 1. The van der Waals surface area contributed by atoms with Crippen molar-refractivity contribution in [2.45, 2.75) is 38.0 Å². The van der Waals surface area contributed by atoms with E-state index in [0.29, 0.717) is 17.2 Å². The topological polar surface area (TPSA) is 35.6 Å². The number of halogens is 3. The fraction of sp³-hybridized carbons (Fsp3) is 0.458. The molecule has 1 heterocycles. The first-order chi connectivity index (χ1) is 14.8. The molecule has 2 aromatic carbocycles. The van der Waals surface area contributed by atoms with Crippen molar-refractivity contribution in [3.05, 3.63) is 70.3 Å². The summed E-state index contributed by atoms with van der Waals surface area (Å²) in [5.41, 5.74) is 2.80. The summed E-state index contributed by atoms with van der Waals surface area (Å²) in [5.74, 6) is -0.261. The molecule has 4 rings (SSSR count). The van der Waals surface area contributed by atoms with Gasteiger partial charge in [0.1, 0.15) is 0 Å². The second-order valence-electron chi connectivity index (χ2n) is 8.54. The number of alkyl halides is 3. The molecule has 1 aliphatic heterocycles. The highest BCUT2D eigenvalue weighted by molar-refractivity contribution is 5.94. The number of amides is 1. The van der Waals surface area contributed by atoms with E-state index >= 15 is 0 Å². The number of likely N-dealkylation sites (N-methyl/N-ethyl adjacent to an activating group) is 1. The predicted octanol–water partition coefficient (Wildman–Crippen LogP) is 4.26. The third-order valence-electron chi connectivity index (χ3n) is 6.38. The highest BCUT2D eigenvalue weighted by atomic mass is 19.4. The first kappa shape index (κ1) is 21.8. The van der Waals surface area contributed by atoms with Gasteiger partial charge in [-0.3, -0.25) is 9.69 Å². The minimum atomic E-state index is -4.39. The molecule has 0 aromatic heterocycles. The molecule has 166 valence electrons. The number of aryl methyl sites for hydroxylation is 1. The molecule has 1 aliphatic carbocycles. The molecule has 0 radical (unpaired) electrons. The Bertz CT molecular complexity index is 936. The Balaban J connectivity index is 1.47. The molecule has 2 aliphatic rings. The van der Waals surface area contributed by atoms with Gasteiger partial charge in [-0.15, -0.1) is 0 Å². The molecule has 1 fully saturated rings. The molecule has 0 spiro atoms. The van der Waals surface area contributed by atoms with E-state index in [1.165, 1.54) is 17.2 Å². The lowest BCUT2D eigenvalue weighted by atomic mass is 9.85. The molecular weight excluding hydrogens is 403 g/mol. The van der Waals surface area contributed by atoms with Gasteiger partial charge >= 0.3 is 6.18 Å². The summed E-state index contributed by atoms with van der Waals surface area (Å²) in [5, 5.41) is 2.77. The third-order valence-corrected chi connectivity index (χ3v) is 6.38. The van der Waals surface area contributed by atoms with Crippen LogP contribution in [0.5, 0.6) is 0 Å². The third kappa shape index (κ3) is 5.10. The largest absolute Gasteiger partial charge is 0.416 e. The molecule has 1 N–H and O–H groups in total. The van der Waals surface area contributed by atoms with Gasteiger partial charge in [-0.2, -0.15) is 13.2 Å². The van der Waals surface area contributed by atoms with Crippen LogP contribution in [0.3, 0.4) is 0 Å². The van der Waals surface area contributed by atoms with Crippen molar-refractivity contribution in [2.75, 3.05) is 33.2 Å². The maximum Gasteiger partial charge on any atom is 0.416 e. The zero-order valence-corrected chi connectivity index (χ0v) is 17.7. The smallest absolute Gasteiger partial charge is 0.348 e. The Morgan fingerprint density at radius 2 is 1.87 bits per heavy atom. The summed E-state index contributed by atoms with van der Waals surface area (Å²) in [7, 11) is 2.14. The van der Waals surface area contributed by atoms with Gasteiger partial charge in [0.15, 0.2) is 0 Å². The summed E-state index contributed by atoms with van der Waals surface area (Å²) in [6, 6.07) is 11.2. The molecule has 2 aromatic rings. The first-order valence-corrected chi connectivity index (χ1v) is 10.8. The lowest BCUT2D eigenvalue weighted by Gasteiger charge is -2.40. The highest BCUT2D eigenvalue weighted by Gasteiger charge is 2.31. The van der Waals surface area contributed by atoms with Gasteiger partial charge in [0.25, 0.3) is 5.91 Å². The van der Waals surface area contributed by atoms with E-state index < -0.39 is 11.7 Å². The summed E-state index contributed by atoms with van der Waals surface area (Å²) in [6.45, 7) is 4.19. The standard InChI is InChI=1S/C24H28F3N3O/c1-29-10-12-30(13-11-29)22-7-3-5-18-8-9-19(15-21(18)22)23(31)28-16-17-4-2-6-20(14-17)24(25,26)27/h2,4,6,8-9,14-15,22H,3,5,7,10-13,16H2,1H3,(H,28,31). The second kappa shape index (κ2) is 9.01. The minimum absolute atomic E-state index is 0.0573. The van der Waals surface area contributed by atoms with Crippen molar-refractivity contribution in [2.24, 2.45) is 0 Å². The van der Waals surface area contributed by atoms with Crippen LogP contribution >= 0.6 is 0 Å². The summed E-state index contributed by atoms with van der Waals surface area (Å²) in [6.07, 6.45) is -1.14. The Morgan fingerprint density at radius 3 is 2.61 bits per heavy atom. The Hall–Kier alpha value is -2.38. The molecule has 1 unspecified atom stereocenters. The average molecular weight is 432 g/mol. The van der Waals surface area contributed by atoms with Gasteiger partial charge in [-0.1, -0.05) is 18.2 Å². The molecule has 7 heteroatoms. The maximum atomic E-state index is 12.9. The van der Waals surface area contributed by atoms with Crippen molar-refractivity contribution >= 4 is 5.91 Å². The van der Waals surface area contributed by atoms with Crippen LogP contribution in [0.25, 0.3) is 0 Å². The normalized spacial score (nSPS) is 20.3. The lowest BCUT2D eigenvalue weighted by molar-refractivity contribution is -0.137. The quantitative estimate of drug-likeness (QED) is 0.786. The van der Waals surface area contributed by atoms with Crippen molar-refractivity contribution in [3.63, 3.8) is 0 Å². The number of carbonyl (C=O) groups excluding carboxylic acids is 1. The number of hydrogen-bond acceptors (Lipinski definition) is 3. The second-order valence-corrected chi connectivity index (χ2v) is 8.54. The zero-order chi connectivity index (χ0) is 22.0. The number of rotatable bonds is 4. The van der Waals surface area contributed by atoms with Crippen molar-refractivity contribution < 1.29 is 18.0 Å². The van der Waals surface area contributed by atoms with Crippen LogP contribution in [0, 0.1) is 0 Å². The molecular formula is C24H28F3N3O. The number of nitrogens with one attached hydrogen (secondary N) is 1. The number of nitrogens with zero attached hydrogens (tertiary/aromatic N) is 2. The maximum absolute atomic E-state index is 12.9. The SMILES string of the molecule is CN1CCN(C2CCCc3ccc(C(=O)NCc4cccc(C(F)(F)F)c4)cc32)CC1. The molecule has 1 amide bonds. The van der Waals surface area contributed by atoms with Crippen molar-refractivity contribution in [1.82, 2.24) is 15.1 Å². The highest BCUT2D eigenvalue weighted by Crippen LogP contribution is 2.35. The number of benzene rings is 2. The molecule has 0 bridgehead atoms. The van der Waals surface area contributed by atoms with E-state index in [1.807, 2.05) is 18.2 Å². The summed E-state index contributed by atoms with van der Waals surface area (Å²) < 4.78 is 38.7. The van der Waals surface area contributed by atoms with Crippen LogP contribution in [0.2, 0.25) is 0 Å². The number of hydrogen-bond donors (Lipinski definition) is 1. The Morgan fingerprint density at radius 1 is 1.10 bits per heavy atom. The molecule has 4 nitrogen and oxygen atoms in total. The minimum Gasteiger partial charge on any atom is -0.348 e. The van der Waals surface area contributed by atoms with Gasteiger partial charge in [-0.25, -0.2) is 0 Å². The van der Waals surface area contributed by atoms with Crippen LogP contribution < -0.4 is 5.32 Å². The van der Waals surface area contributed by atoms with E-state index in [4.69, 9.17) is 0 Å². The monoisotopic (exact) mass is 431 g/mol. The van der Waals surface area contributed by atoms with E-state index in [-0.39, 0.29) is 12.5 Å². The fourth-order valence-corrected chi connectivity index (χ4v) is 4.57. The Kier molecular flexibility index (Phi) is 6.34. The number of fused-ring (bicyclic) bond motifs is 1. The zero-order valence-electron chi connectivity index (χ0n) is 17.7. The summed E-state index contributed by atoms with van der Waals surface area (Å²) >= 11 is 0. The van der Waals surface area contributed by atoms with Gasteiger partial charge in [0, 0.05) is 44.3 Å². The first-order valence-electron chi connectivity index (χ1n) is 10.8.